The van der Waals surface area contributed by atoms with Crippen LogP contribution >= 0.6 is 0 Å². The van der Waals surface area contributed by atoms with E-state index in [1.54, 1.807) is 12.5 Å². The van der Waals surface area contributed by atoms with E-state index in [2.05, 4.69) is 10.9 Å². The minimum atomic E-state index is -0.812. The lowest BCUT2D eigenvalue weighted by molar-refractivity contribution is 0.228. The molecule has 0 saturated heterocycles. The highest BCUT2D eigenvalue weighted by atomic mass is 16.3. The number of hydrogen-bond acceptors (Lipinski definition) is 2. The van der Waals surface area contributed by atoms with Crippen LogP contribution in [0.3, 0.4) is 0 Å². The van der Waals surface area contributed by atoms with Crippen LogP contribution in [0.5, 0.6) is 0 Å². The maximum atomic E-state index is 9.38. The summed E-state index contributed by atoms with van der Waals surface area (Å²) in [6.45, 7) is 0. The van der Waals surface area contributed by atoms with Crippen molar-refractivity contribution in [3.63, 3.8) is 0 Å². The Labute approximate surface area is 71.0 Å². The van der Waals surface area contributed by atoms with Gasteiger partial charge in [0.2, 0.25) is 0 Å². The Morgan fingerprint density at radius 2 is 2.50 bits per heavy atom. The van der Waals surface area contributed by atoms with Gasteiger partial charge in [0.1, 0.15) is 0 Å². The summed E-state index contributed by atoms with van der Waals surface area (Å²) in [5.41, 5.74) is 0.736. The third-order valence-electron chi connectivity index (χ3n) is 2.07. The van der Waals surface area contributed by atoms with E-state index in [1.165, 1.54) is 12.8 Å². The van der Waals surface area contributed by atoms with Crippen molar-refractivity contribution in [1.82, 2.24) is 9.55 Å². The minimum Gasteiger partial charge on any atom is -0.374 e. The molecule has 1 aliphatic rings. The van der Waals surface area contributed by atoms with Crippen molar-refractivity contribution in [1.29, 1.82) is 0 Å². The second kappa shape index (κ2) is 2.65. The number of terminal acetylenes is 1. The molecule has 0 spiro atoms. The van der Waals surface area contributed by atoms with Gasteiger partial charge in [0.25, 0.3) is 0 Å². The molecule has 0 amide bonds. The van der Waals surface area contributed by atoms with Crippen molar-refractivity contribution in [2.24, 2.45) is 0 Å². The minimum absolute atomic E-state index is 0.519. The van der Waals surface area contributed by atoms with E-state index in [1.807, 2.05) is 4.57 Å². The first-order chi connectivity index (χ1) is 5.83. The third-order valence-corrected chi connectivity index (χ3v) is 2.07. The lowest BCUT2D eigenvalue weighted by Crippen LogP contribution is -2.03. The summed E-state index contributed by atoms with van der Waals surface area (Å²) in [5.74, 6) is 2.29. The Bertz CT molecular complexity index is 320. The molecule has 1 unspecified atom stereocenters. The van der Waals surface area contributed by atoms with Gasteiger partial charge in [-0.05, 0) is 12.8 Å². The van der Waals surface area contributed by atoms with Crippen LogP contribution < -0.4 is 0 Å². The van der Waals surface area contributed by atoms with Gasteiger partial charge < -0.3 is 9.67 Å². The van der Waals surface area contributed by atoms with Gasteiger partial charge in [0.15, 0.2) is 6.10 Å². The molecule has 2 rings (SSSR count). The smallest absolute Gasteiger partial charge is 0.156 e. The monoisotopic (exact) mass is 162 g/mol. The first-order valence-electron chi connectivity index (χ1n) is 3.99. The van der Waals surface area contributed by atoms with E-state index >= 15 is 0 Å². The zero-order chi connectivity index (χ0) is 8.55. The van der Waals surface area contributed by atoms with Gasteiger partial charge in [-0.1, -0.05) is 5.92 Å². The van der Waals surface area contributed by atoms with E-state index in [0.29, 0.717) is 6.04 Å². The van der Waals surface area contributed by atoms with Crippen molar-refractivity contribution in [2.75, 3.05) is 0 Å². The number of aromatic nitrogens is 2. The van der Waals surface area contributed by atoms with Crippen LogP contribution in [-0.4, -0.2) is 14.7 Å². The van der Waals surface area contributed by atoms with E-state index in [0.717, 1.165) is 5.69 Å². The quantitative estimate of drug-likeness (QED) is 0.656. The van der Waals surface area contributed by atoms with Gasteiger partial charge >= 0.3 is 0 Å². The first-order valence-corrected chi connectivity index (χ1v) is 3.99. The standard InChI is InChI=1S/C9H10N2O/c1-2-9(12)8-5-10-6-11(8)7-3-4-7/h1,5-7,9,12H,3-4H2. The maximum absolute atomic E-state index is 9.38. The molecule has 1 N–H and O–H groups in total. The summed E-state index contributed by atoms with van der Waals surface area (Å²) >= 11 is 0. The SMILES string of the molecule is C#CC(O)c1cncn1C1CC1. The van der Waals surface area contributed by atoms with E-state index < -0.39 is 6.10 Å². The molecule has 1 heterocycles. The highest BCUT2D eigenvalue weighted by Crippen LogP contribution is 2.36. The molecule has 1 saturated carbocycles. The fourth-order valence-corrected chi connectivity index (χ4v) is 1.27. The van der Waals surface area contributed by atoms with Gasteiger partial charge in [-0.25, -0.2) is 4.98 Å². The van der Waals surface area contributed by atoms with Gasteiger partial charge in [-0.15, -0.1) is 6.42 Å². The highest BCUT2D eigenvalue weighted by molar-refractivity contribution is 5.15. The van der Waals surface area contributed by atoms with Crippen LogP contribution in [0.25, 0.3) is 0 Å². The molecule has 1 fully saturated rings. The molecular weight excluding hydrogens is 152 g/mol. The zero-order valence-electron chi connectivity index (χ0n) is 6.64. The molecule has 1 atom stereocenters. The highest BCUT2D eigenvalue weighted by Gasteiger charge is 2.26. The third kappa shape index (κ3) is 1.10. The summed E-state index contributed by atoms with van der Waals surface area (Å²) in [7, 11) is 0. The Balaban J connectivity index is 2.30. The predicted molar refractivity (Wildman–Crippen MR) is 44.3 cm³/mol. The number of rotatable bonds is 2. The number of aliphatic hydroxyl groups excluding tert-OH is 1. The number of nitrogens with zero attached hydrogens (tertiary/aromatic N) is 2. The molecule has 62 valence electrons. The summed E-state index contributed by atoms with van der Waals surface area (Å²) in [5, 5.41) is 9.38. The topological polar surface area (TPSA) is 38.1 Å². The van der Waals surface area contributed by atoms with Crippen molar-refractivity contribution >= 4 is 0 Å². The zero-order valence-corrected chi connectivity index (χ0v) is 6.64. The lowest BCUT2D eigenvalue weighted by Gasteiger charge is -2.06. The Kier molecular flexibility index (Phi) is 1.63. The number of aliphatic hydroxyl groups is 1. The molecule has 3 heteroatoms. The number of hydrogen-bond donors (Lipinski definition) is 1. The Morgan fingerprint density at radius 1 is 1.75 bits per heavy atom. The number of imidazole rings is 1. The molecule has 0 aromatic carbocycles. The summed E-state index contributed by atoms with van der Waals surface area (Å²) in [6.07, 6.45) is 9.99. The van der Waals surface area contributed by atoms with Crippen LogP contribution in [0, 0.1) is 12.3 Å². The Hall–Kier alpha value is -1.27. The maximum Gasteiger partial charge on any atom is 0.156 e. The van der Waals surface area contributed by atoms with Crippen LogP contribution in [0.15, 0.2) is 12.5 Å². The van der Waals surface area contributed by atoms with E-state index in [4.69, 9.17) is 6.42 Å². The second-order valence-corrected chi connectivity index (χ2v) is 3.03. The summed E-state index contributed by atoms with van der Waals surface area (Å²) in [6, 6.07) is 0.519. The van der Waals surface area contributed by atoms with Crippen LogP contribution in [0.1, 0.15) is 30.7 Å². The fourth-order valence-electron chi connectivity index (χ4n) is 1.27. The van der Waals surface area contributed by atoms with Crippen molar-refractivity contribution in [3.8, 4) is 12.3 Å². The molecule has 1 aromatic rings. The van der Waals surface area contributed by atoms with Gasteiger partial charge in [0.05, 0.1) is 18.2 Å². The average molecular weight is 162 g/mol. The fraction of sp³-hybridized carbons (Fsp3) is 0.444. The van der Waals surface area contributed by atoms with E-state index in [9.17, 15) is 5.11 Å². The normalized spacial score (nSPS) is 18.7. The molecule has 12 heavy (non-hydrogen) atoms. The summed E-state index contributed by atoms with van der Waals surface area (Å²) < 4.78 is 1.96. The molecule has 0 radical (unpaired) electrons. The van der Waals surface area contributed by atoms with E-state index in [-0.39, 0.29) is 0 Å². The first kappa shape index (κ1) is 7.38. The molecule has 3 nitrogen and oxygen atoms in total. The summed E-state index contributed by atoms with van der Waals surface area (Å²) in [4.78, 5) is 3.96. The van der Waals surface area contributed by atoms with Crippen LogP contribution in [0.4, 0.5) is 0 Å². The molecular formula is C9H10N2O. The molecule has 1 aromatic heterocycles. The van der Waals surface area contributed by atoms with Crippen molar-refractivity contribution < 1.29 is 5.11 Å². The van der Waals surface area contributed by atoms with Crippen LogP contribution in [0.2, 0.25) is 0 Å². The van der Waals surface area contributed by atoms with Gasteiger partial charge in [0, 0.05) is 6.04 Å². The lowest BCUT2D eigenvalue weighted by atomic mass is 10.3. The van der Waals surface area contributed by atoms with Gasteiger partial charge in [-0.2, -0.15) is 0 Å². The molecule has 1 aliphatic carbocycles. The van der Waals surface area contributed by atoms with Gasteiger partial charge in [-0.3, -0.25) is 0 Å². The second-order valence-electron chi connectivity index (χ2n) is 3.03. The predicted octanol–water partition coefficient (Wildman–Crippen LogP) is 0.885. The van der Waals surface area contributed by atoms with Crippen molar-refractivity contribution in [3.05, 3.63) is 18.2 Å². The molecule has 0 bridgehead atoms. The average Bonchev–Trinajstić information content (AvgIpc) is 2.83. The Morgan fingerprint density at radius 3 is 3.08 bits per heavy atom. The van der Waals surface area contributed by atoms with Crippen molar-refractivity contribution in [2.45, 2.75) is 25.0 Å². The largest absolute Gasteiger partial charge is 0.374 e. The van der Waals surface area contributed by atoms with Crippen LogP contribution in [-0.2, 0) is 0 Å². The molecule has 0 aliphatic heterocycles.